The van der Waals surface area contributed by atoms with Crippen LogP contribution in [-0.4, -0.2) is 5.91 Å². The van der Waals surface area contributed by atoms with Crippen molar-refractivity contribution in [1.82, 2.24) is 5.32 Å². The number of hydrogen-bond acceptors (Lipinski definition) is 1. The molecule has 1 N–H and O–H groups in total. The summed E-state index contributed by atoms with van der Waals surface area (Å²) in [6.45, 7) is 8.00. The number of amides is 1. The Bertz CT molecular complexity index is 86.9. The molecule has 9 heavy (non-hydrogen) atoms. The fourth-order valence-electron chi connectivity index (χ4n) is 0.151. The van der Waals surface area contributed by atoms with Gasteiger partial charge in [0.05, 0.1) is 0 Å². The summed E-state index contributed by atoms with van der Waals surface area (Å²) in [5, 5.41) is 2.39. The summed E-state index contributed by atoms with van der Waals surface area (Å²) in [5.74, 6) is 0.00463. The number of carbonyl (C=O) groups excluding carboxylic acids is 1. The maximum Gasteiger partial charge on any atom is 0.249 e. The van der Waals surface area contributed by atoms with Gasteiger partial charge in [-0.05, 0) is 0 Å². The molecule has 0 bridgehead atoms. The second-order valence-corrected chi connectivity index (χ2v) is 0.842. The summed E-state index contributed by atoms with van der Waals surface area (Å²) in [6, 6.07) is 0. The van der Waals surface area contributed by atoms with Crippen LogP contribution in [-0.2, 0) is 4.79 Å². The molecule has 0 saturated heterocycles. The predicted octanol–water partition coefficient (Wildman–Crippen LogP) is 1.68. The van der Waals surface area contributed by atoms with Crippen LogP contribution in [0.1, 0.15) is 27.7 Å². The minimum atomic E-state index is 0.00463. The minimum absolute atomic E-state index is 0.00463. The van der Waals surface area contributed by atoms with Crippen molar-refractivity contribution in [2.45, 2.75) is 27.7 Å². The summed E-state index contributed by atoms with van der Waals surface area (Å²) in [6.07, 6.45) is 3.07. The molecule has 54 valence electrons. The molecular weight excluding hydrogens is 114 g/mol. The Morgan fingerprint density at radius 1 is 1.22 bits per heavy atom. The molecule has 1 rings (SSSR count). The van der Waals surface area contributed by atoms with Crippen LogP contribution in [0.25, 0.3) is 0 Å². The summed E-state index contributed by atoms with van der Waals surface area (Å²) in [4.78, 5) is 9.70. The number of carbonyl (C=O) groups is 1. The highest BCUT2D eigenvalue weighted by Crippen LogP contribution is 1.78. The highest BCUT2D eigenvalue weighted by atomic mass is 16.2. The summed E-state index contributed by atoms with van der Waals surface area (Å²) >= 11 is 0. The largest absolute Gasteiger partial charge is 0.329 e. The lowest BCUT2D eigenvalue weighted by Crippen LogP contribution is -2.22. The van der Waals surface area contributed by atoms with Gasteiger partial charge in [0.1, 0.15) is 0 Å². The molecule has 1 aliphatic heterocycles. The van der Waals surface area contributed by atoms with E-state index in [-0.39, 0.29) is 5.91 Å². The van der Waals surface area contributed by atoms with E-state index in [1.54, 1.807) is 6.20 Å². The van der Waals surface area contributed by atoms with Crippen LogP contribution in [0, 0.1) is 0 Å². The molecule has 0 aliphatic carbocycles. The molecule has 0 fully saturated rings. The Morgan fingerprint density at radius 2 is 1.44 bits per heavy atom. The lowest BCUT2D eigenvalue weighted by Gasteiger charge is -1.97. The van der Waals surface area contributed by atoms with Gasteiger partial charge in [0.2, 0.25) is 5.91 Å². The van der Waals surface area contributed by atoms with E-state index in [1.807, 2.05) is 27.7 Å². The Balaban J connectivity index is 0. The summed E-state index contributed by atoms with van der Waals surface area (Å²) in [7, 11) is 0. The minimum Gasteiger partial charge on any atom is -0.329 e. The zero-order chi connectivity index (χ0) is 7.70. The van der Waals surface area contributed by atoms with Gasteiger partial charge in [0.25, 0.3) is 0 Å². The Morgan fingerprint density at radius 3 is 1.44 bits per heavy atom. The molecule has 2 heteroatoms. The molecule has 0 aromatic heterocycles. The van der Waals surface area contributed by atoms with Crippen molar-refractivity contribution in [3.05, 3.63) is 12.3 Å². The van der Waals surface area contributed by atoms with Gasteiger partial charge in [0.15, 0.2) is 0 Å². The van der Waals surface area contributed by atoms with Crippen molar-refractivity contribution >= 4 is 5.91 Å². The predicted molar refractivity (Wildman–Crippen MR) is 40.0 cm³/mol. The van der Waals surface area contributed by atoms with Gasteiger partial charge < -0.3 is 5.32 Å². The third-order valence-electron chi connectivity index (χ3n) is 0.460. The van der Waals surface area contributed by atoms with Crippen molar-refractivity contribution in [3.8, 4) is 0 Å². The second kappa shape index (κ2) is 10.2. The first-order valence-corrected chi connectivity index (χ1v) is 3.36. The van der Waals surface area contributed by atoms with Crippen molar-refractivity contribution in [1.29, 1.82) is 0 Å². The highest BCUT2D eigenvalue weighted by molar-refractivity contribution is 5.93. The first-order valence-electron chi connectivity index (χ1n) is 3.36. The van der Waals surface area contributed by atoms with E-state index in [0.717, 1.165) is 0 Å². The van der Waals surface area contributed by atoms with E-state index in [4.69, 9.17) is 0 Å². The van der Waals surface area contributed by atoms with E-state index in [2.05, 4.69) is 5.32 Å². The SMILES string of the molecule is CC.CC.O=C1C=CN1. The molecule has 1 aliphatic rings. The quantitative estimate of drug-likeness (QED) is 0.529. The van der Waals surface area contributed by atoms with Gasteiger partial charge >= 0.3 is 0 Å². The van der Waals surface area contributed by atoms with Gasteiger partial charge in [-0.2, -0.15) is 0 Å². The second-order valence-electron chi connectivity index (χ2n) is 0.842. The maximum atomic E-state index is 9.70. The smallest absolute Gasteiger partial charge is 0.249 e. The summed E-state index contributed by atoms with van der Waals surface area (Å²) < 4.78 is 0. The van der Waals surface area contributed by atoms with Crippen LogP contribution in [0.3, 0.4) is 0 Å². The fraction of sp³-hybridized carbons (Fsp3) is 0.571. The van der Waals surface area contributed by atoms with Gasteiger partial charge in [-0.3, -0.25) is 4.79 Å². The van der Waals surface area contributed by atoms with Gasteiger partial charge in [-0.25, -0.2) is 0 Å². The van der Waals surface area contributed by atoms with Crippen LogP contribution in [0.4, 0.5) is 0 Å². The molecule has 1 heterocycles. The van der Waals surface area contributed by atoms with Crippen LogP contribution < -0.4 is 5.32 Å². The fourth-order valence-corrected chi connectivity index (χ4v) is 0.151. The average molecular weight is 129 g/mol. The van der Waals surface area contributed by atoms with Gasteiger partial charge in [-0.15, -0.1) is 0 Å². The molecule has 0 aromatic rings. The van der Waals surface area contributed by atoms with E-state index in [0.29, 0.717) is 0 Å². The first kappa shape index (κ1) is 11.1. The van der Waals surface area contributed by atoms with Crippen LogP contribution >= 0.6 is 0 Å². The molecule has 0 radical (unpaired) electrons. The Labute approximate surface area is 57.0 Å². The maximum absolute atomic E-state index is 9.70. The first-order chi connectivity index (χ1) is 4.39. The monoisotopic (exact) mass is 129 g/mol. The zero-order valence-electron chi connectivity index (χ0n) is 6.56. The van der Waals surface area contributed by atoms with Gasteiger partial charge in [0, 0.05) is 12.3 Å². The third-order valence-corrected chi connectivity index (χ3v) is 0.460. The molecule has 1 amide bonds. The molecular formula is C7H15NO. The van der Waals surface area contributed by atoms with Crippen molar-refractivity contribution in [2.75, 3.05) is 0 Å². The molecule has 2 nitrogen and oxygen atoms in total. The van der Waals surface area contributed by atoms with Crippen LogP contribution in [0.15, 0.2) is 12.3 Å². The van der Waals surface area contributed by atoms with Crippen molar-refractivity contribution in [3.63, 3.8) is 0 Å². The lowest BCUT2D eigenvalue weighted by atomic mass is 10.4. The Hall–Kier alpha value is -0.790. The average Bonchev–Trinajstić information content (AvgIpc) is 1.93. The normalized spacial score (nSPS) is 10.9. The molecule has 0 spiro atoms. The summed E-state index contributed by atoms with van der Waals surface area (Å²) in [5.41, 5.74) is 0. The van der Waals surface area contributed by atoms with Crippen LogP contribution in [0.2, 0.25) is 0 Å². The van der Waals surface area contributed by atoms with E-state index >= 15 is 0 Å². The molecule has 0 unspecified atom stereocenters. The Kier molecular flexibility index (Phi) is 12.6. The van der Waals surface area contributed by atoms with E-state index in [9.17, 15) is 4.79 Å². The van der Waals surface area contributed by atoms with Crippen LogP contribution in [0.5, 0.6) is 0 Å². The van der Waals surface area contributed by atoms with E-state index in [1.165, 1.54) is 6.08 Å². The molecule has 0 aromatic carbocycles. The van der Waals surface area contributed by atoms with Gasteiger partial charge in [-0.1, -0.05) is 27.7 Å². The van der Waals surface area contributed by atoms with E-state index < -0.39 is 0 Å². The lowest BCUT2D eigenvalue weighted by molar-refractivity contribution is -0.117. The highest BCUT2D eigenvalue weighted by Gasteiger charge is 1.95. The molecule has 0 atom stereocenters. The number of nitrogens with one attached hydrogen (secondary N) is 1. The van der Waals surface area contributed by atoms with Crippen molar-refractivity contribution < 1.29 is 4.79 Å². The molecule has 0 saturated carbocycles. The topological polar surface area (TPSA) is 29.1 Å². The number of hydrogen-bond donors (Lipinski definition) is 1. The van der Waals surface area contributed by atoms with Crippen molar-refractivity contribution in [2.24, 2.45) is 0 Å². The third kappa shape index (κ3) is 7.21. The number of rotatable bonds is 0. The zero-order valence-corrected chi connectivity index (χ0v) is 6.56. The standard InChI is InChI=1S/C3H3NO.2C2H6/c5-3-1-2-4-3;2*1-2/h1-2H,(H,4,5);2*1-2H3.